The van der Waals surface area contributed by atoms with Crippen molar-refractivity contribution in [3.05, 3.63) is 0 Å². The fourth-order valence-electron chi connectivity index (χ4n) is 1.65. The van der Waals surface area contributed by atoms with Crippen LogP contribution in [0.1, 0.15) is 34.1 Å². The molecule has 2 atom stereocenters. The molecule has 0 bridgehead atoms. The van der Waals surface area contributed by atoms with Gasteiger partial charge in [-0.1, -0.05) is 33.6 Å². The Hall–Kier alpha value is -1.70. The molecule has 0 rings (SSSR count). The third-order valence-corrected chi connectivity index (χ3v) is 2.75. The summed E-state index contributed by atoms with van der Waals surface area (Å²) < 4.78 is 0. The van der Waals surface area contributed by atoms with Crippen molar-refractivity contribution < 1.29 is 14.7 Å². The van der Waals surface area contributed by atoms with E-state index in [9.17, 15) is 9.59 Å². The number of terminal acetylenes is 1. The molecule has 0 spiro atoms. The van der Waals surface area contributed by atoms with Gasteiger partial charge in [0.05, 0.1) is 12.0 Å². The van der Waals surface area contributed by atoms with Crippen molar-refractivity contribution in [3.8, 4) is 12.3 Å². The average Bonchev–Trinajstić information content (AvgIpc) is 2.30. The Morgan fingerprint density at radius 3 is 2.21 bits per heavy atom. The first kappa shape index (κ1) is 17.3. The number of hydrogen-bond acceptors (Lipinski definition) is 2. The van der Waals surface area contributed by atoms with Gasteiger partial charge in [-0.3, -0.25) is 4.79 Å². The maximum Gasteiger partial charge on any atom is 0.315 e. The van der Waals surface area contributed by atoms with Crippen LogP contribution in [0.4, 0.5) is 4.79 Å². The van der Waals surface area contributed by atoms with Crippen LogP contribution in [0.25, 0.3) is 0 Å². The summed E-state index contributed by atoms with van der Waals surface area (Å²) in [4.78, 5) is 22.6. The molecule has 0 aliphatic rings. The lowest BCUT2D eigenvalue weighted by Gasteiger charge is -2.19. The molecule has 108 valence electrons. The number of nitrogens with one attached hydrogen (secondary N) is 2. The Morgan fingerprint density at radius 2 is 1.84 bits per heavy atom. The highest BCUT2D eigenvalue weighted by atomic mass is 16.4. The normalized spacial score (nSPS) is 13.7. The van der Waals surface area contributed by atoms with Gasteiger partial charge in [0.1, 0.15) is 0 Å². The van der Waals surface area contributed by atoms with Crippen molar-refractivity contribution in [2.75, 3.05) is 6.54 Å². The standard InChI is InChI=1S/C14H24N2O3/c1-6-12(10(4)5)16-14(19)15-8-11(13(17)18)7-9(2)3/h1,9-12H,7-8H2,2-5H3,(H,17,18)(H2,15,16,19). The summed E-state index contributed by atoms with van der Waals surface area (Å²) in [7, 11) is 0. The van der Waals surface area contributed by atoms with Crippen LogP contribution in [0.15, 0.2) is 0 Å². The number of carbonyl (C=O) groups is 2. The molecule has 0 radical (unpaired) electrons. The lowest BCUT2D eigenvalue weighted by Crippen LogP contribution is -2.45. The lowest BCUT2D eigenvalue weighted by atomic mass is 9.97. The second kappa shape index (κ2) is 8.41. The second-order valence-electron chi connectivity index (χ2n) is 5.41. The van der Waals surface area contributed by atoms with Crippen molar-refractivity contribution in [2.45, 2.75) is 40.2 Å². The Kier molecular flexibility index (Phi) is 7.66. The Labute approximate surface area is 115 Å². The Bertz CT molecular complexity index is 345. The average molecular weight is 268 g/mol. The first-order chi connectivity index (χ1) is 8.77. The molecule has 0 aromatic carbocycles. The predicted molar refractivity (Wildman–Crippen MR) is 74.6 cm³/mol. The SMILES string of the molecule is C#CC(NC(=O)NCC(CC(C)C)C(=O)O)C(C)C. The molecule has 0 heterocycles. The van der Waals surface area contributed by atoms with Crippen molar-refractivity contribution >= 4 is 12.0 Å². The van der Waals surface area contributed by atoms with E-state index >= 15 is 0 Å². The number of amides is 2. The first-order valence-electron chi connectivity index (χ1n) is 6.51. The molecule has 5 nitrogen and oxygen atoms in total. The number of urea groups is 1. The quantitative estimate of drug-likeness (QED) is 0.615. The van der Waals surface area contributed by atoms with E-state index in [0.29, 0.717) is 6.42 Å². The van der Waals surface area contributed by atoms with Crippen LogP contribution < -0.4 is 10.6 Å². The zero-order valence-electron chi connectivity index (χ0n) is 12.1. The molecule has 19 heavy (non-hydrogen) atoms. The van der Waals surface area contributed by atoms with Crippen LogP contribution in [-0.4, -0.2) is 29.7 Å². The highest BCUT2D eigenvalue weighted by Gasteiger charge is 2.20. The second-order valence-corrected chi connectivity index (χ2v) is 5.41. The molecule has 0 saturated heterocycles. The molecule has 0 fully saturated rings. The van der Waals surface area contributed by atoms with Gasteiger partial charge in [-0.05, 0) is 18.3 Å². The molecule has 0 aromatic heterocycles. The van der Waals surface area contributed by atoms with Gasteiger partial charge in [-0.15, -0.1) is 6.42 Å². The molecule has 2 unspecified atom stereocenters. The summed E-state index contributed by atoms with van der Waals surface area (Å²) >= 11 is 0. The number of carboxylic acids is 1. The number of hydrogen-bond donors (Lipinski definition) is 3. The maximum absolute atomic E-state index is 11.6. The third kappa shape index (κ3) is 7.35. The van der Waals surface area contributed by atoms with Crippen molar-refractivity contribution in [1.82, 2.24) is 10.6 Å². The van der Waals surface area contributed by atoms with Gasteiger partial charge < -0.3 is 15.7 Å². The third-order valence-electron chi connectivity index (χ3n) is 2.75. The maximum atomic E-state index is 11.6. The van der Waals surface area contributed by atoms with Gasteiger partial charge in [0.15, 0.2) is 0 Å². The smallest absolute Gasteiger partial charge is 0.315 e. The fourth-order valence-corrected chi connectivity index (χ4v) is 1.65. The topological polar surface area (TPSA) is 78.4 Å². The van der Waals surface area contributed by atoms with Gasteiger partial charge in [-0.25, -0.2) is 4.79 Å². The van der Waals surface area contributed by atoms with Crippen LogP contribution in [0.5, 0.6) is 0 Å². The van der Waals surface area contributed by atoms with E-state index in [4.69, 9.17) is 11.5 Å². The van der Waals surface area contributed by atoms with Gasteiger partial charge in [0.25, 0.3) is 0 Å². The van der Waals surface area contributed by atoms with Crippen LogP contribution in [-0.2, 0) is 4.79 Å². The van der Waals surface area contributed by atoms with Crippen LogP contribution in [0.3, 0.4) is 0 Å². The summed E-state index contributed by atoms with van der Waals surface area (Å²) in [5, 5.41) is 14.2. The van der Waals surface area contributed by atoms with Crippen LogP contribution >= 0.6 is 0 Å². The van der Waals surface area contributed by atoms with E-state index in [1.165, 1.54) is 0 Å². The van der Waals surface area contributed by atoms with E-state index in [0.717, 1.165) is 0 Å². The lowest BCUT2D eigenvalue weighted by molar-refractivity contribution is -0.142. The van der Waals surface area contributed by atoms with Gasteiger partial charge >= 0.3 is 12.0 Å². The molecule has 3 N–H and O–H groups in total. The molecule has 2 amide bonds. The van der Waals surface area contributed by atoms with Gasteiger partial charge in [0, 0.05) is 6.54 Å². The van der Waals surface area contributed by atoms with E-state index in [1.54, 1.807) is 0 Å². The highest BCUT2D eigenvalue weighted by molar-refractivity contribution is 5.76. The zero-order valence-corrected chi connectivity index (χ0v) is 12.1. The minimum atomic E-state index is -0.897. The number of aliphatic carboxylic acids is 1. The molecular formula is C14H24N2O3. The summed E-state index contributed by atoms with van der Waals surface area (Å²) in [5.41, 5.74) is 0. The minimum Gasteiger partial charge on any atom is -0.481 e. The summed E-state index contributed by atoms with van der Waals surface area (Å²) in [6.07, 6.45) is 5.83. The first-order valence-corrected chi connectivity index (χ1v) is 6.51. The van der Waals surface area contributed by atoms with E-state index in [1.807, 2.05) is 27.7 Å². The van der Waals surface area contributed by atoms with E-state index in [2.05, 4.69) is 16.6 Å². The predicted octanol–water partition coefficient (Wildman–Crippen LogP) is 1.69. The highest BCUT2D eigenvalue weighted by Crippen LogP contribution is 2.11. The zero-order chi connectivity index (χ0) is 15.0. The number of carbonyl (C=O) groups excluding carboxylic acids is 1. The fraction of sp³-hybridized carbons (Fsp3) is 0.714. The molecule has 0 aliphatic heterocycles. The minimum absolute atomic E-state index is 0.106. The van der Waals surface area contributed by atoms with Crippen molar-refractivity contribution in [3.63, 3.8) is 0 Å². The molecule has 0 aromatic rings. The molecule has 0 aliphatic carbocycles. The van der Waals surface area contributed by atoms with Crippen LogP contribution in [0.2, 0.25) is 0 Å². The van der Waals surface area contributed by atoms with Gasteiger partial charge in [-0.2, -0.15) is 0 Å². The molecule has 5 heteroatoms. The van der Waals surface area contributed by atoms with E-state index in [-0.39, 0.29) is 24.4 Å². The summed E-state index contributed by atoms with van der Waals surface area (Å²) in [6.45, 7) is 7.81. The number of rotatable bonds is 7. The molecule has 0 saturated carbocycles. The van der Waals surface area contributed by atoms with Gasteiger partial charge in [0.2, 0.25) is 0 Å². The van der Waals surface area contributed by atoms with Crippen molar-refractivity contribution in [2.24, 2.45) is 17.8 Å². The largest absolute Gasteiger partial charge is 0.481 e. The summed E-state index contributed by atoms with van der Waals surface area (Å²) in [5.74, 6) is 1.41. The Balaban J connectivity index is 4.26. The van der Waals surface area contributed by atoms with Crippen molar-refractivity contribution in [1.29, 1.82) is 0 Å². The Morgan fingerprint density at radius 1 is 1.26 bits per heavy atom. The monoisotopic (exact) mass is 268 g/mol. The van der Waals surface area contributed by atoms with Crippen LogP contribution in [0, 0.1) is 30.1 Å². The van der Waals surface area contributed by atoms with E-state index < -0.39 is 17.9 Å². The molecular weight excluding hydrogens is 244 g/mol. The number of carboxylic acid groups (broad SMARTS) is 1. The summed E-state index contributed by atoms with van der Waals surface area (Å²) in [6, 6.07) is -0.778.